The first-order chi connectivity index (χ1) is 13.7. The lowest BCUT2D eigenvalue weighted by Crippen LogP contribution is -2.50. The SMILES string of the molecule is COc1cc(C(=O)N2CCN(C(=O)CCC(C)C)CC2)cc(Cl)c1OCC(N)=O. The van der Waals surface area contributed by atoms with Gasteiger partial charge in [0.2, 0.25) is 5.91 Å². The molecular weight excluding hydrogens is 398 g/mol. The maximum absolute atomic E-state index is 12.9. The molecule has 9 heteroatoms. The summed E-state index contributed by atoms with van der Waals surface area (Å²) in [5, 5.41) is 0.149. The minimum atomic E-state index is -0.649. The van der Waals surface area contributed by atoms with Crippen molar-refractivity contribution in [3.8, 4) is 11.5 Å². The maximum Gasteiger partial charge on any atom is 0.255 e. The van der Waals surface area contributed by atoms with Gasteiger partial charge in [-0.15, -0.1) is 0 Å². The second-order valence-corrected chi connectivity index (χ2v) is 7.76. The largest absolute Gasteiger partial charge is 0.493 e. The Morgan fingerprint density at radius 1 is 1.14 bits per heavy atom. The topological polar surface area (TPSA) is 102 Å². The van der Waals surface area contributed by atoms with Crippen molar-refractivity contribution in [1.29, 1.82) is 0 Å². The van der Waals surface area contributed by atoms with Crippen LogP contribution < -0.4 is 15.2 Å². The highest BCUT2D eigenvalue weighted by Crippen LogP contribution is 2.36. The molecule has 1 saturated heterocycles. The molecule has 2 rings (SSSR count). The number of ether oxygens (including phenoxy) is 2. The van der Waals surface area contributed by atoms with Crippen molar-refractivity contribution in [3.05, 3.63) is 22.7 Å². The Balaban J connectivity index is 2.03. The van der Waals surface area contributed by atoms with Gasteiger partial charge in [-0.1, -0.05) is 25.4 Å². The molecular formula is C20H28ClN3O5. The molecule has 0 spiro atoms. The molecule has 0 aromatic heterocycles. The lowest BCUT2D eigenvalue weighted by molar-refractivity contribution is -0.133. The van der Waals surface area contributed by atoms with Gasteiger partial charge in [-0.05, 0) is 24.5 Å². The lowest BCUT2D eigenvalue weighted by atomic mass is 10.1. The van der Waals surface area contributed by atoms with E-state index in [9.17, 15) is 14.4 Å². The van der Waals surface area contributed by atoms with Gasteiger partial charge in [-0.3, -0.25) is 14.4 Å². The zero-order valence-electron chi connectivity index (χ0n) is 17.1. The number of methoxy groups -OCH3 is 1. The predicted molar refractivity (Wildman–Crippen MR) is 109 cm³/mol. The summed E-state index contributed by atoms with van der Waals surface area (Å²) in [7, 11) is 1.42. The Kier molecular flexibility index (Phi) is 8.13. The van der Waals surface area contributed by atoms with Gasteiger partial charge in [-0.2, -0.15) is 0 Å². The van der Waals surface area contributed by atoms with Crippen LogP contribution in [0.25, 0.3) is 0 Å². The van der Waals surface area contributed by atoms with E-state index in [1.165, 1.54) is 19.2 Å². The number of rotatable bonds is 8. The van der Waals surface area contributed by atoms with Gasteiger partial charge in [0, 0.05) is 38.2 Å². The van der Waals surface area contributed by atoms with E-state index in [2.05, 4.69) is 13.8 Å². The first-order valence-corrected chi connectivity index (χ1v) is 9.96. The zero-order valence-corrected chi connectivity index (χ0v) is 17.8. The Labute approximate surface area is 175 Å². The maximum atomic E-state index is 12.9. The molecule has 1 aliphatic rings. The number of carbonyl (C=O) groups is 3. The van der Waals surface area contributed by atoms with Crippen molar-refractivity contribution in [2.24, 2.45) is 11.7 Å². The first-order valence-electron chi connectivity index (χ1n) is 9.58. The monoisotopic (exact) mass is 425 g/mol. The van der Waals surface area contributed by atoms with Crippen LogP contribution in [0.3, 0.4) is 0 Å². The number of hydrogen-bond acceptors (Lipinski definition) is 5. The Bertz CT molecular complexity index is 761. The second-order valence-electron chi connectivity index (χ2n) is 7.35. The van der Waals surface area contributed by atoms with Crippen LogP contribution >= 0.6 is 11.6 Å². The van der Waals surface area contributed by atoms with Crippen molar-refractivity contribution in [3.63, 3.8) is 0 Å². The predicted octanol–water partition coefficient (Wildman–Crippen LogP) is 1.93. The lowest BCUT2D eigenvalue weighted by Gasteiger charge is -2.35. The van der Waals surface area contributed by atoms with E-state index in [0.29, 0.717) is 44.1 Å². The van der Waals surface area contributed by atoms with Crippen molar-refractivity contribution >= 4 is 29.3 Å². The number of piperazine rings is 1. The molecule has 0 aliphatic carbocycles. The highest BCUT2D eigenvalue weighted by atomic mass is 35.5. The molecule has 1 aromatic carbocycles. The number of benzene rings is 1. The summed E-state index contributed by atoms with van der Waals surface area (Å²) in [5.41, 5.74) is 5.43. The van der Waals surface area contributed by atoms with E-state index in [-0.39, 0.29) is 34.9 Å². The minimum absolute atomic E-state index is 0.131. The van der Waals surface area contributed by atoms with E-state index >= 15 is 0 Å². The van der Waals surface area contributed by atoms with Gasteiger partial charge in [0.05, 0.1) is 12.1 Å². The molecule has 3 amide bonds. The van der Waals surface area contributed by atoms with Gasteiger partial charge in [0.1, 0.15) is 0 Å². The summed E-state index contributed by atoms with van der Waals surface area (Å²) in [6.07, 6.45) is 1.39. The third-order valence-corrected chi connectivity index (χ3v) is 4.97. The molecule has 0 bridgehead atoms. The van der Waals surface area contributed by atoms with Gasteiger partial charge in [-0.25, -0.2) is 0 Å². The van der Waals surface area contributed by atoms with E-state index in [0.717, 1.165) is 6.42 Å². The molecule has 8 nitrogen and oxygen atoms in total. The number of amides is 3. The first kappa shape index (κ1) is 22.8. The van der Waals surface area contributed by atoms with Gasteiger partial charge >= 0.3 is 0 Å². The van der Waals surface area contributed by atoms with Gasteiger partial charge in [0.15, 0.2) is 18.1 Å². The fourth-order valence-corrected chi connectivity index (χ4v) is 3.30. The molecule has 0 saturated carbocycles. The van der Waals surface area contributed by atoms with Crippen molar-refractivity contribution in [1.82, 2.24) is 9.80 Å². The smallest absolute Gasteiger partial charge is 0.255 e. The second kappa shape index (κ2) is 10.3. The molecule has 0 radical (unpaired) electrons. The Hall–Kier alpha value is -2.48. The average molecular weight is 426 g/mol. The van der Waals surface area contributed by atoms with Crippen molar-refractivity contribution in [2.45, 2.75) is 26.7 Å². The van der Waals surface area contributed by atoms with Crippen LogP contribution in [0.5, 0.6) is 11.5 Å². The van der Waals surface area contributed by atoms with Gasteiger partial charge in [0.25, 0.3) is 11.8 Å². The van der Waals surface area contributed by atoms with Crippen LogP contribution in [0.1, 0.15) is 37.0 Å². The minimum Gasteiger partial charge on any atom is -0.493 e. The van der Waals surface area contributed by atoms with Crippen LogP contribution in [0.2, 0.25) is 5.02 Å². The highest BCUT2D eigenvalue weighted by Gasteiger charge is 2.26. The number of halogens is 1. The van der Waals surface area contributed by atoms with Crippen LogP contribution in [0.15, 0.2) is 12.1 Å². The molecule has 160 valence electrons. The summed E-state index contributed by atoms with van der Waals surface area (Å²) in [6.45, 7) is 5.75. The molecule has 29 heavy (non-hydrogen) atoms. The number of primary amides is 1. The van der Waals surface area contributed by atoms with E-state index in [4.69, 9.17) is 26.8 Å². The molecule has 1 fully saturated rings. The van der Waals surface area contributed by atoms with Crippen molar-refractivity contribution in [2.75, 3.05) is 39.9 Å². The summed E-state index contributed by atoms with van der Waals surface area (Å²) in [4.78, 5) is 39.6. The molecule has 1 aliphatic heterocycles. The third kappa shape index (κ3) is 6.25. The molecule has 0 atom stereocenters. The molecule has 0 unspecified atom stereocenters. The Morgan fingerprint density at radius 2 is 1.76 bits per heavy atom. The van der Waals surface area contributed by atoms with Crippen molar-refractivity contribution < 1.29 is 23.9 Å². The molecule has 2 N–H and O–H groups in total. The molecule has 1 heterocycles. The third-order valence-electron chi connectivity index (χ3n) is 4.69. The summed E-state index contributed by atoms with van der Waals surface area (Å²) in [6, 6.07) is 2.99. The van der Waals surface area contributed by atoms with Crippen LogP contribution in [-0.2, 0) is 9.59 Å². The quantitative estimate of drug-likeness (QED) is 0.685. The zero-order chi connectivity index (χ0) is 21.6. The fourth-order valence-electron chi connectivity index (χ4n) is 3.04. The number of nitrogens with two attached hydrogens (primary N) is 1. The number of hydrogen-bond donors (Lipinski definition) is 1. The number of nitrogens with zero attached hydrogens (tertiary/aromatic N) is 2. The van der Waals surface area contributed by atoms with E-state index < -0.39 is 5.91 Å². The van der Waals surface area contributed by atoms with Crippen LogP contribution in [0.4, 0.5) is 0 Å². The van der Waals surface area contributed by atoms with E-state index in [1.807, 2.05) is 0 Å². The number of carbonyl (C=O) groups excluding carboxylic acids is 3. The Morgan fingerprint density at radius 3 is 2.31 bits per heavy atom. The fraction of sp³-hybridized carbons (Fsp3) is 0.550. The summed E-state index contributed by atoms with van der Waals surface area (Å²) < 4.78 is 10.5. The van der Waals surface area contributed by atoms with Crippen LogP contribution in [0, 0.1) is 5.92 Å². The highest BCUT2D eigenvalue weighted by molar-refractivity contribution is 6.32. The van der Waals surface area contributed by atoms with E-state index in [1.54, 1.807) is 9.80 Å². The standard InChI is InChI=1S/C20H28ClN3O5/c1-13(2)4-5-18(26)23-6-8-24(9-7-23)20(27)14-10-15(21)19(16(11-14)28-3)29-12-17(22)25/h10-11,13H,4-9,12H2,1-3H3,(H2,22,25). The summed E-state index contributed by atoms with van der Waals surface area (Å²) in [5.74, 6) is 0.155. The average Bonchev–Trinajstić information content (AvgIpc) is 2.69. The molecule has 1 aromatic rings. The van der Waals surface area contributed by atoms with Crippen LogP contribution in [-0.4, -0.2) is 67.4 Å². The summed E-state index contributed by atoms with van der Waals surface area (Å²) >= 11 is 6.22. The normalized spacial score (nSPS) is 14.1. The van der Waals surface area contributed by atoms with Gasteiger partial charge < -0.3 is 25.0 Å².